The molecule has 6 heteroatoms. The number of aromatic nitrogens is 1. The molecule has 0 aliphatic carbocycles. The van der Waals surface area contributed by atoms with Gasteiger partial charge in [0.25, 0.3) is 0 Å². The predicted molar refractivity (Wildman–Crippen MR) is 118 cm³/mol. The van der Waals surface area contributed by atoms with E-state index in [2.05, 4.69) is 62.4 Å². The Kier molecular flexibility index (Phi) is 6.21. The minimum atomic E-state index is 0.0768. The van der Waals surface area contributed by atoms with Crippen molar-refractivity contribution >= 4 is 39.5 Å². The van der Waals surface area contributed by atoms with E-state index in [1.807, 2.05) is 18.3 Å². The molecule has 144 valence electrons. The molecule has 0 radical (unpaired) electrons. The van der Waals surface area contributed by atoms with Crippen molar-refractivity contribution in [3.05, 3.63) is 80.8 Å². The van der Waals surface area contributed by atoms with Gasteiger partial charge in [0.05, 0.1) is 6.54 Å². The van der Waals surface area contributed by atoms with Crippen LogP contribution in [0.15, 0.2) is 65.5 Å². The first-order valence-corrected chi connectivity index (χ1v) is 11.1. The fraction of sp³-hybridized carbons (Fsp3) is 0.227. The highest BCUT2D eigenvalue weighted by Gasteiger charge is 2.13. The second-order valence-corrected chi connectivity index (χ2v) is 8.83. The predicted octanol–water partition coefficient (Wildman–Crippen LogP) is 4.65. The topological polar surface area (TPSA) is 48.1 Å². The highest BCUT2D eigenvalue weighted by molar-refractivity contribution is 7.10. The van der Waals surface area contributed by atoms with E-state index in [9.17, 15) is 4.79 Å². The Morgan fingerprint density at radius 2 is 1.68 bits per heavy atom. The second kappa shape index (κ2) is 9.19. The lowest BCUT2D eigenvalue weighted by atomic mass is 10.1. The van der Waals surface area contributed by atoms with E-state index in [4.69, 9.17) is 0 Å². The van der Waals surface area contributed by atoms with E-state index < -0.39 is 0 Å². The third kappa shape index (κ3) is 4.90. The van der Waals surface area contributed by atoms with Gasteiger partial charge in [0.2, 0.25) is 5.91 Å². The van der Waals surface area contributed by atoms with E-state index in [0.29, 0.717) is 13.1 Å². The lowest BCUT2D eigenvalue weighted by molar-refractivity contribution is -0.122. The number of benzene rings is 1. The summed E-state index contributed by atoms with van der Waals surface area (Å²) in [6, 6.07) is 16.6. The standard InChI is InChI=1S/C22H23N3OS2/c26-22(23-10-9-17-13-24-21-8-2-1-7-20(17)21)16-25(14-18-5-3-11-27-18)15-19-6-4-12-28-19/h1-8,11-13,24H,9-10,14-16H2,(H,23,26). The number of H-pyrrole nitrogens is 1. The van der Waals surface area contributed by atoms with E-state index in [0.717, 1.165) is 25.0 Å². The summed E-state index contributed by atoms with van der Waals surface area (Å²) in [6.45, 7) is 2.65. The molecule has 1 aromatic carbocycles. The van der Waals surface area contributed by atoms with Crippen LogP contribution in [0.25, 0.3) is 10.9 Å². The summed E-state index contributed by atoms with van der Waals surface area (Å²) in [4.78, 5) is 20.6. The molecule has 4 rings (SSSR count). The van der Waals surface area contributed by atoms with Gasteiger partial charge in [-0.25, -0.2) is 0 Å². The first-order chi connectivity index (χ1) is 13.8. The van der Waals surface area contributed by atoms with Gasteiger partial charge in [-0.1, -0.05) is 30.3 Å². The monoisotopic (exact) mass is 409 g/mol. The molecule has 0 saturated carbocycles. The molecule has 4 aromatic rings. The Bertz CT molecular complexity index is 969. The van der Waals surface area contributed by atoms with Crippen molar-refractivity contribution in [2.45, 2.75) is 19.5 Å². The van der Waals surface area contributed by atoms with Gasteiger partial charge >= 0.3 is 0 Å². The Morgan fingerprint density at radius 3 is 2.36 bits per heavy atom. The molecule has 1 amide bonds. The molecule has 28 heavy (non-hydrogen) atoms. The molecule has 4 nitrogen and oxygen atoms in total. The van der Waals surface area contributed by atoms with Crippen molar-refractivity contribution in [2.75, 3.05) is 13.1 Å². The summed E-state index contributed by atoms with van der Waals surface area (Å²) in [6.07, 6.45) is 2.86. The summed E-state index contributed by atoms with van der Waals surface area (Å²) >= 11 is 3.47. The van der Waals surface area contributed by atoms with Gasteiger partial charge in [-0.3, -0.25) is 9.69 Å². The van der Waals surface area contributed by atoms with Crippen LogP contribution in [0.4, 0.5) is 0 Å². The molecule has 0 unspecified atom stereocenters. The zero-order chi connectivity index (χ0) is 19.2. The number of hydrogen-bond donors (Lipinski definition) is 2. The molecule has 0 atom stereocenters. The van der Waals surface area contributed by atoms with Crippen LogP contribution in [-0.2, 0) is 24.3 Å². The first-order valence-electron chi connectivity index (χ1n) is 9.37. The van der Waals surface area contributed by atoms with Crippen LogP contribution in [0.1, 0.15) is 15.3 Å². The van der Waals surface area contributed by atoms with Crippen molar-refractivity contribution < 1.29 is 4.79 Å². The molecule has 0 bridgehead atoms. The molecule has 0 aliphatic rings. The third-order valence-electron chi connectivity index (χ3n) is 4.68. The van der Waals surface area contributed by atoms with E-state index >= 15 is 0 Å². The van der Waals surface area contributed by atoms with Crippen LogP contribution in [0, 0.1) is 0 Å². The minimum absolute atomic E-state index is 0.0768. The number of rotatable bonds is 9. The Labute approximate surface area is 172 Å². The Balaban J connectivity index is 1.31. The maximum atomic E-state index is 12.5. The van der Waals surface area contributed by atoms with Gasteiger partial charge in [0, 0.05) is 46.5 Å². The maximum absolute atomic E-state index is 12.5. The number of nitrogens with one attached hydrogen (secondary N) is 2. The van der Waals surface area contributed by atoms with Crippen molar-refractivity contribution in [1.82, 2.24) is 15.2 Å². The van der Waals surface area contributed by atoms with Crippen LogP contribution >= 0.6 is 22.7 Å². The number of amides is 1. The highest BCUT2D eigenvalue weighted by atomic mass is 32.1. The number of fused-ring (bicyclic) bond motifs is 1. The number of carbonyl (C=O) groups is 1. The molecular formula is C22H23N3OS2. The van der Waals surface area contributed by atoms with Gasteiger partial charge in [-0.05, 0) is 40.9 Å². The second-order valence-electron chi connectivity index (χ2n) is 6.76. The molecule has 3 heterocycles. The number of thiophene rings is 2. The van der Waals surface area contributed by atoms with E-state index in [1.165, 1.54) is 20.7 Å². The van der Waals surface area contributed by atoms with Crippen LogP contribution in [0.5, 0.6) is 0 Å². The number of carbonyl (C=O) groups excluding carboxylic acids is 1. The minimum Gasteiger partial charge on any atom is -0.361 e. The van der Waals surface area contributed by atoms with Crippen LogP contribution in [0.3, 0.4) is 0 Å². The zero-order valence-corrected chi connectivity index (χ0v) is 17.2. The van der Waals surface area contributed by atoms with Gasteiger partial charge in [0.1, 0.15) is 0 Å². The highest BCUT2D eigenvalue weighted by Crippen LogP contribution is 2.18. The molecule has 0 fully saturated rings. The van der Waals surface area contributed by atoms with Crippen LogP contribution < -0.4 is 5.32 Å². The maximum Gasteiger partial charge on any atom is 0.234 e. The number of para-hydroxylation sites is 1. The molecule has 0 spiro atoms. The van der Waals surface area contributed by atoms with Crippen molar-refractivity contribution in [2.24, 2.45) is 0 Å². The summed E-state index contributed by atoms with van der Waals surface area (Å²) < 4.78 is 0. The van der Waals surface area contributed by atoms with Crippen molar-refractivity contribution in [1.29, 1.82) is 0 Å². The smallest absolute Gasteiger partial charge is 0.234 e. The first kappa shape index (κ1) is 18.9. The molecule has 2 N–H and O–H groups in total. The SMILES string of the molecule is O=C(CN(Cc1cccs1)Cc1cccs1)NCCc1c[nH]c2ccccc12. The Hall–Kier alpha value is -2.41. The van der Waals surface area contributed by atoms with Crippen LogP contribution in [0.2, 0.25) is 0 Å². The molecular weight excluding hydrogens is 386 g/mol. The average Bonchev–Trinajstić information content (AvgIpc) is 3.44. The fourth-order valence-electron chi connectivity index (χ4n) is 3.35. The van der Waals surface area contributed by atoms with E-state index in [1.54, 1.807) is 22.7 Å². The quantitative estimate of drug-likeness (QED) is 0.423. The van der Waals surface area contributed by atoms with Crippen molar-refractivity contribution in [3.8, 4) is 0 Å². The molecule has 0 saturated heterocycles. The van der Waals surface area contributed by atoms with Gasteiger partial charge < -0.3 is 10.3 Å². The average molecular weight is 410 g/mol. The van der Waals surface area contributed by atoms with Gasteiger partial charge in [-0.15, -0.1) is 22.7 Å². The molecule has 3 aromatic heterocycles. The summed E-state index contributed by atoms with van der Waals surface area (Å²) in [5.41, 5.74) is 2.38. The van der Waals surface area contributed by atoms with Crippen molar-refractivity contribution in [3.63, 3.8) is 0 Å². The normalized spacial score (nSPS) is 11.3. The number of hydrogen-bond acceptors (Lipinski definition) is 4. The summed E-state index contributed by atoms with van der Waals surface area (Å²) in [5, 5.41) is 8.48. The zero-order valence-electron chi connectivity index (χ0n) is 15.6. The summed E-state index contributed by atoms with van der Waals surface area (Å²) in [5.74, 6) is 0.0768. The van der Waals surface area contributed by atoms with E-state index in [-0.39, 0.29) is 5.91 Å². The van der Waals surface area contributed by atoms with Gasteiger partial charge in [0.15, 0.2) is 0 Å². The summed E-state index contributed by atoms with van der Waals surface area (Å²) in [7, 11) is 0. The lowest BCUT2D eigenvalue weighted by Crippen LogP contribution is -2.37. The third-order valence-corrected chi connectivity index (χ3v) is 6.40. The Morgan fingerprint density at radius 1 is 0.964 bits per heavy atom. The lowest BCUT2D eigenvalue weighted by Gasteiger charge is -2.20. The van der Waals surface area contributed by atoms with Crippen LogP contribution in [-0.4, -0.2) is 28.9 Å². The van der Waals surface area contributed by atoms with Gasteiger partial charge in [-0.2, -0.15) is 0 Å². The largest absolute Gasteiger partial charge is 0.361 e. The number of nitrogens with zero attached hydrogens (tertiary/aromatic N) is 1. The molecule has 0 aliphatic heterocycles. The fourth-order valence-corrected chi connectivity index (χ4v) is 4.84. The number of aromatic amines is 1.